The zero-order valence-corrected chi connectivity index (χ0v) is 14.6. The van der Waals surface area contributed by atoms with Crippen LogP contribution in [0.2, 0.25) is 0 Å². The highest BCUT2D eigenvalue weighted by atomic mass is 16.5. The first-order valence-electron chi connectivity index (χ1n) is 8.74. The quantitative estimate of drug-likeness (QED) is 0.637. The van der Waals surface area contributed by atoms with Gasteiger partial charge in [-0.3, -0.25) is 5.10 Å². The van der Waals surface area contributed by atoms with Crippen molar-refractivity contribution in [3.05, 3.63) is 35.5 Å². The predicted octanol–water partition coefficient (Wildman–Crippen LogP) is 4.45. The Kier molecular flexibility index (Phi) is 7.14. The summed E-state index contributed by atoms with van der Waals surface area (Å²) < 4.78 is 5.80. The highest BCUT2D eigenvalue weighted by Gasteiger charge is 2.11. The van der Waals surface area contributed by atoms with Gasteiger partial charge in [0, 0.05) is 23.4 Å². The van der Waals surface area contributed by atoms with Gasteiger partial charge in [-0.15, -0.1) is 0 Å². The third-order valence-corrected chi connectivity index (χ3v) is 4.02. The second-order valence-corrected chi connectivity index (χ2v) is 5.89. The maximum atomic E-state index is 5.80. The van der Waals surface area contributed by atoms with Crippen LogP contribution in [0.1, 0.15) is 50.8 Å². The van der Waals surface area contributed by atoms with Crippen LogP contribution in [0.4, 0.5) is 0 Å². The highest BCUT2D eigenvalue weighted by Crippen LogP contribution is 2.25. The third kappa shape index (κ3) is 5.10. The Labute approximate surface area is 139 Å². The van der Waals surface area contributed by atoms with E-state index in [9.17, 15) is 0 Å². The van der Waals surface area contributed by atoms with Crippen LogP contribution in [0, 0.1) is 6.92 Å². The van der Waals surface area contributed by atoms with Gasteiger partial charge in [0.05, 0.1) is 12.3 Å². The van der Waals surface area contributed by atoms with E-state index < -0.39 is 0 Å². The van der Waals surface area contributed by atoms with Gasteiger partial charge >= 0.3 is 0 Å². The van der Waals surface area contributed by atoms with Gasteiger partial charge in [-0.05, 0) is 44.2 Å². The van der Waals surface area contributed by atoms with Gasteiger partial charge < -0.3 is 10.1 Å². The fourth-order valence-corrected chi connectivity index (χ4v) is 2.59. The molecule has 0 fully saturated rings. The summed E-state index contributed by atoms with van der Waals surface area (Å²) in [5, 5.41) is 10.9. The molecule has 2 aromatic rings. The summed E-state index contributed by atoms with van der Waals surface area (Å²) >= 11 is 0. The van der Waals surface area contributed by atoms with Crippen molar-refractivity contribution in [3.8, 4) is 17.0 Å². The number of aromatic amines is 1. The Morgan fingerprint density at radius 2 is 1.87 bits per heavy atom. The fraction of sp³-hybridized carbons (Fsp3) is 0.526. The van der Waals surface area contributed by atoms with E-state index in [1.54, 1.807) is 0 Å². The van der Waals surface area contributed by atoms with Crippen LogP contribution in [-0.2, 0) is 6.54 Å². The lowest BCUT2D eigenvalue weighted by atomic mass is 10.1. The zero-order valence-electron chi connectivity index (χ0n) is 14.6. The van der Waals surface area contributed by atoms with Crippen molar-refractivity contribution in [1.82, 2.24) is 15.5 Å². The highest BCUT2D eigenvalue weighted by molar-refractivity contribution is 5.64. The van der Waals surface area contributed by atoms with Crippen LogP contribution >= 0.6 is 0 Å². The molecule has 1 heterocycles. The molecular weight excluding hydrogens is 286 g/mol. The van der Waals surface area contributed by atoms with E-state index >= 15 is 0 Å². The average molecular weight is 315 g/mol. The number of unbranched alkanes of at least 4 members (excludes halogenated alkanes) is 3. The van der Waals surface area contributed by atoms with Crippen LogP contribution in [0.3, 0.4) is 0 Å². The van der Waals surface area contributed by atoms with Crippen LogP contribution in [0.25, 0.3) is 11.3 Å². The molecule has 0 spiro atoms. The van der Waals surface area contributed by atoms with Crippen LogP contribution in [0.15, 0.2) is 24.3 Å². The standard InChI is InChI=1S/C19H29N3O/c1-4-6-7-8-13-23-17-11-9-16(10-12-17)19-18(14-20-5-2)15(3)21-22-19/h9-12,20H,4-8,13-14H2,1-3H3,(H,21,22). The molecule has 1 aromatic heterocycles. The van der Waals surface area contributed by atoms with Crippen LogP contribution in [-0.4, -0.2) is 23.3 Å². The van der Waals surface area contributed by atoms with Gasteiger partial charge in [0.1, 0.15) is 5.75 Å². The molecular formula is C19H29N3O. The second kappa shape index (κ2) is 9.36. The van der Waals surface area contributed by atoms with E-state index in [2.05, 4.69) is 48.4 Å². The molecule has 126 valence electrons. The normalized spacial score (nSPS) is 10.9. The van der Waals surface area contributed by atoms with Gasteiger partial charge in [0.2, 0.25) is 0 Å². The Bertz CT molecular complexity index is 575. The number of aromatic nitrogens is 2. The monoisotopic (exact) mass is 315 g/mol. The maximum Gasteiger partial charge on any atom is 0.119 e. The molecule has 0 atom stereocenters. The fourth-order valence-electron chi connectivity index (χ4n) is 2.59. The summed E-state index contributed by atoms with van der Waals surface area (Å²) in [6.45, 7) is 8.99. The summed E-state index contributed by atoms with van der Waals surface area (Å²) in [6.07, 6.45) is 4.91. The van der Waals surface area contributed by atoms with Gasteiger partial charge in [-0.25, -0.2) is 0 Å². The number of ether oxygens (including phenoxy) is 1. The predicted molar refractivity (Wildman–Crippen MR) is 95.8 cm³/mol. The molecule has 0 aliphatic carbocycles. The molecule has 4 nitrogen and oxygen atoms in total. The van der Waals surface area contributed by atoms with Crippen molar-refractivity contribution in [1.29, 1.82) is 0 Å². The van der Waals surface area contributed by atoms with E-state index in [-0.39, 0.29) is 0 Å². The smallest absolute Gasteiger partial charge is 0.119 e. The third-order valence-electron chi connectivity index (χ3n) is 4.02. The maximum absolute atomic E-state index is 5.80. The molecule has 0 saturated heterocycles. The van der Waals surface area contributed by atoms with Crippen molar-refractivity contribution in [2.45, 2.75) is 53.0 Å². The number of nitrogens with one attached hydrogen (secondary N) is 2. The lowest BCUT2D eigenvalue weighted by Gasteiger charge is -2.08. The van der Waals surface area contributed by atoms with Crippen molar-refractivity contribution >= 4 is 0 Å². The van der Waals surface area contributed by atoms with Crippen LogP contribution < -0.4 is 10.1 Å². The molecule has 2 N–H and O–H groups in total. The minimum atomic E-state index is 0.798. The number of hydrogen-bond donors (Lipinski definition) is 2. The van der Waals surface area contributed by atoms with E-state index in [1.807, 2.05) is 12.1 Å². The van der Waals surface area contributed by atoms with Gasteiger partial charge in [0.25, 0.3) is 0 Å². The molecule has 1 aromatic carbocycles. The Morgan fingerprint density at radius 3 is 2.57 bits per heavy atom. The number of rotatable bonds is 10. The molecule has 0 radical (unpaired) electrons. The van der Waals surface area contributed by atoms with Crippen molar-refractivity contribution in [3.63, 3.8) is 0 Å². The van der Waals surface area contributed by atoms with Gasteiger partial charge in [-0.2, -0.15) is 5.10 Å². The topological polar surface area (TPSA) is 49.9 Å². The van der Waals surface area contributed by atoms with Crippen molar-refractivity contribution < 1.29 is 4.74 Å². The van der Waals surface area contributed by atoms with Gasteiger partial charge in [-0.1, -0.05) is 33.1 Å². The molecule has 0 amide bonds. The summed E-state index contributed by atoms with van der Waals surface area (Å²) in [5.41, 5.74) is 4.51. The average Bonchev–Trinajstić information content (AvgIpc) is 2.94. The largest absolute Gasteiger partial charge is 0.494 e. The number of aryl methyl sites for hydroxylation is 1. The summed E-state index contributed by atoms with van der Waals surface area (Å²) in [5.74, 6) is 0.936. The Morgan fingerprint density at radius 1 is 1.09 bits per heavy atom. The molecule has 0 bridgehead atoms. The number of benzene rings is 1. The molecule has 0 aliphatic heterocycles. The van der Waals surface area contributed by atoms with Crippen molar-refractivity contribution in [2.24, 2.45) is 0 Å². The van der Waals surface area contributed by atoms with Crippen molar-refractivity contribution in [2.75, 3.05) is 13.2 Å². The van der Waals surface area contributed by atoms with Crippen LogP contribution in [0.5, 0.6) is 5.75 Å². The Hall–Kier alpha value is -1.81. The SMILES string of the molecule is CCCCCCOc1ccc(-c2n[nH]c(C)c2CNCC)cc1. The molecule has 0 saturated carbocycles. The minimum absolute atomic E-state index is 0.798. The first kappa shape index (κ1) is 17.5. The molecule has 23 heavy (non-hydrogen) atoms. The first-order valence-corrected chi connectivity index (χ1v) is 8.74. The number of H-pyrrole nitrogens is 1. The minimum Gasteiger partial charge on any atom is -0.494 e. The lowest BCUT2D eigenvalue weighted by molar-refractivity contribution is 0.305. The number of hydrogen-bond acceptors (Lipinski definition) is 3. The zero-order chi connectivity index (χ0) is 16.5. The molecule has 0 unspecified atom stereocenters. The summed E-state index contributed by atoms with van der Waals surface area (Å²) in [6, 6.07) is 8.26. The second-order valence-electron chi connectivity index (χ2n) is 5.89. The summed E-state index contributed by atoms with van der Waals surface area (Å²) in [4.78, 5) is 0. The van der Waals surface area contributed by atoms with E-state index in [1.165, 1.54) is 24.8 Å². The molecule has 2 rings (SSSR count). The first-order chi connectivity index (χ1) is 11.3. The van der Waals surface area contributed by atoms with E-state index in [4.69, 9.17) is 4.74 Å². The number of nitrogens with zero attached hydrogens (tertiary/aromatic N) is 1. The Balaban J connectivity index is 1.97. The van der Waals surface area contributed by atoms with E-state index in [0.29, 0.717) is 0 Å². The summed E-state index contributed by atoms with van der Waals surface area (Å²) in [7, 11) is 0. The van der Waals surface area contributed by atoms with E-state index in [0.717, 1.165) is 48.8 Å². The van der Waals surface area contributed by atoms with Gasteiger partial charge in [0.15, 0.2) is 0 Å². The molecule has 4 heteroatoms. The molecule has 0 aliphatic rings. The lowest BCUT2D eigenvalue weighted by Crippen LogP contribution is -2.12.